The van der Waals surface area contributed by atoms with Crippen LogP contribution < -0.4 is 11.1 Å². The summed E-state index contributed by atoms with van der Waals surface area (Å²) < 4.78 is 15.1. The fourth-order valence-electron chi connectivity index (χ4n) is 2.33. The number of fused-ring (bicyclic) bond motifs is 1. The van der Waals surface area contributed by atoms with Crippen molar-refractivity contribution in [1.82, 2.24) is 19.9 Å². The van der Waals surface area contributed by atoms with Gasteiger partial charge < -0.3 is 15.6 Å². The van der Waals surface area contributed by atoms with E-state index in [0.717, 1.165) is 16.3 Å². The zero-order valence-corrected chi connectivity index (χ0v) is 13.4. The van der Waals surface area contributed by atoms with Gasteiger partial charge in [0.2, 0.25) is 0 Å². The van der Waals surface area contributed by atoms with Crippen molar-refractivity contribution in [1.29, 1.82) is 0 Å². The lowest BCUT2D eigenvalue weighted by atomic mass is 10.3. The number of amides is 1. The summed E-state index contributed by atoms with van der Waals surface area (Å²) in [7, 11) is 1.87. The summed E-state index contributed by atoms with van der Waals surface area (Å²) in [6.07, 6.45) is 0.548. The SMILES string of the molecule is Cn1c(CCNC(=O)c2csc(CN)n2)nc2cc(F)ccc21. The van der Waals surface area contributed by atoms with Crippen LogP contribution in [0.5, 0.6) is 0 Å². The Morgan fingerprint density at radius 2 is 2.26 bits per heavy atom. The molecule has 23 heavy (non-hydrogen) atoms. The highest BCUT2D eigenvalue weighted by atomic mass is 32.1. The van der Waals surface area contributed by atoms with Crippen molar-refractivity contribution >= 4 is 28.3 Å². The van der Waals surface area contributed by atoms with E-state index in [4.69, 9.17) is 5.73 Å². The largest absolute Gasteiger partial charge is 0.350 e. The smallest absolute Gasteiger partial charge is 0.270 e. The number of nitrogens with one attached hydrogen (secondary N) is 1. The van der Waals surface area contributed by atoms with Gasteiger partial charge in [-0.15, -0.1) is 11.3 Å². The fourth-order valence-corrected chi connectivity index (χ4v) is 2.99. The molecule has 0 atom stereocenters. The monoisotopic (exact) mass is 333 g/mol. The number of nitrogens with two attached hydrogens (primary N) is 1. The first-order valence-electron chi connectivity index (χ1n) is 7.12. The maximum atomic E-state index is 13.2. The molecule has 0 fully saturated rings. The second-order valence-corrected chi connectivity index (χ2v) is 6.00. The molecule has 120 valence electrons. The first-order chi connectivity index (χ1) is 11.1. The minimum absolute atomic E-state index is 0.231. The number of thiazole rings is 1. The number of imidazole rings is 1. The van der Waals surface area contributed by atoms with Crippen LogP contribution in [0.4, 0.5) is 4.39 Å². The molecule has 1 amide bonds. The molecule has 0 unspecified atom stereocenters. The van der Waals surface area contributed by atoms with E-state index < -0.39 is 0 Å². The van der Waals surface area contributed by atoms with Gasteiger partial charge in [0, 0.05) is 38.0 Å². The molecule has 0 aliphatic carbocycles. The first-order valence-corrected chi connectivity index (χ1v) is 8.00. The standard InChI is InChI=1S/C15H16FN5OS/c1-21-12-3-2-9(16)6-10(12)19-13(21)4-5-18-15(22)11-8-23-14(7-17)20-11/h2-3,6,8H,4-5,7,17H2,1H3,(H,18,22). The number of carbonyl (C=O) groups excluding carboxylic acids is 1. The van der Waals surface area contributed by atoms with Crippen LogP contribution in [0.2, 0.25) is 0 Å². The van der Waals surface area contributed by atoms with Gasteiger partial charge in [-0.2, -0.15) is 0 Å². The van der Waals surface area contributed by atoms with E-state index in [9.17, 15) is 9.18 Å². The Balaban J connectivity index is 1.64. The molecule has 0 saturated carbocycles. The molecule has 2 heterocycles. The van der Waals surface area contributed by atoms with Crippen molar-refractivity contribution in [3.8, 4) is 0 Å². The normalized spacial score (nSPS) is 11.1. The molecule has 0 bridgehead atoms. The summed E-state index contributed by atoms with van der Waals surface area (Å²) in [6, 6.07) is 4.51. The van der Waals surface area contributed by atoms with Gasteiger partial charge in [-0.05, 0) is 12.1 Å². The Kier molecular flexibility index (Phi) is 4.35. The van der Waals surface area contributed by atoms with E-state index in [1.807, 2.05) is 11.6 Å². The van der Waals surface area contributed by atoms with Crippen molar-refractivity contribution in [2.24, 2.45) is 12.8 Å². The van der Waals surface area contributed by atoms with Crippen LogP contribution in [0.15, 0.2) is 23.6 Å². The minimum atomic E-state index is -0.310. The Bertz CT molecular complexity index is 857. The second-order valence-electron chi connectivity index (χ2n) is 5.06. The molecule has 0 spiro atoms. The lowest BCUT2D eigenvalue weighted by molar-refractivity contribution is 0.0949. The van der Waals surface area contributed by atoms with Crippen molar-refractivity contribution in [3.05, 3.63) is 45.9 Å². The van der Waals surface area contributed by atoms with E-state index in [-0.39, 0.29) is 11.7 Å². The van der Waals surface area contributed by atoms with Gasteiger partial charge in [-0.1, -0.05) is 0 Å². The summed E-state index contributed by atoms with van der Waals surface area (Å²) in [5.41, 5.74) is 7.33. The molecule has 3 aromatic rings. The van der Waals surface area contributed by atoms with Crippen LogP contribution in [-0.4, -0.2) is 27.0 Å². The van der Waals surface area contributed by atoms with Gasteiger partial charge >= 0.3 is 0 Å². The predicted molar refractivity (Wildman–Crippen MR) is 86.7 cm³/mol. The van der Waals surface area contributed by atoms with Crippen LogP contribution >= 0.6 is 11.3 Å². The van der Waals surface area contributed by atoms with E-state index in [1.165, 1.54) is 23.5 Å². The summed E-state index contributed by atoms with van der Waals surface area (Å²) in [4.78, 5) is 20.5. The molecular formula is C15H16FN5OS. The van der Waals surface area contributed by atoms with Crippen LogP contribution in [0.3, 0.4) is 0 Å². The predicted octanol–water partition coefficient (Wildman–Crippen LogP) is 1.60. The fraction of sp³-hybridized carbons (Fsp3) is 0.267. The van der Waals surface area contributed by atoms with E-state index in [0.29, 0.717) is 30.7 Å². The number of benzene rings is 1. The molecule has 0 saturated heterocycles. The van der Waals surface area contributed by atoms with Gasteiger partial charge in [-0.3, -0.25) is 4.79 Å². The second kappa shape index (κ2) is 6.43. The number of aryl methyl sites for hydroxylation is 1. The zero-order chi connectivity index (χ0) is 16.4. The van der Waals surface area contributed by atoms with Crippen molar-refractivity contribution in [2.45, 2.75) is 13.0 Å². The Morgan fingerprint density at radius 1 is 1.43 bits per heavy atom. The maximum Gasteiger partial charge on any atom is 0.270 e. The Morgan fingerprint density at radius 3 is 3.00 bits per heavy atom. The van der Waals surface area contributed by atoms with Crippen molar-refractivity contribution < 1.29 is 9.18 Å². The third-order valence-corrected chi connectivity index (χ3v) is 4.40. The molecule has 0 aliphatic heterocycles. The van der Waals surface area contributed by atoms with E-state index >= 15 is 0 Å². The number of carbonyl (C=O) groups is 1. The van der Waals surface area contributed by atoms with Crippen LogP contribution in [0, 0.1) is 5.82 Å². The molecule has 8 heteroatoms. The van der Waals surface area contributed by atoms with E-state index in [2.05, 4.69) is 15.3 Å². The molecule has 6 nitrogen and oxygen atoms in total. The Labute approximate surface area is 136 Å². The number of nitrogens with zero attached hydrogens (tertiary/aromatic N) is 3. The quantitative estimate of drug-likeness (QED) is 0.742. The highest BCUT2D eigenvalue weighted by Crippen LogP contribution is 2.16. The highest BCUT2D eigenvalue weighted by molar-refractivity contribution is 7.09. The van der Waals surface area contributed by atoms with Crippen molar-refractivity contribution in [3.63, 3.8) is 0 Å². The average Bonchev–Trinajstić information content (AvgIpc) is 3.13. The lowest BCUT2D eigenvalue weighted by Crippen LogP contribution is -2.26. The number of halogens is 1. The summed E-state index contributed by atoms with van der Waals surface area (Å²) in [6.45, 7) is 0.752. The Hall–Kier alpha value is -2.32. The maximum absolute atomic E-state index is 13.2. The molecule has 0 aliphatic rings. The average molecular weight is 333 g/mol. The minimum Gasteiger partial charge on any atom is -0.350 e. The van der Waals surface area contributed by atoms with Gasteiger partial charge in [-0.25, -0.2) is 14.4 Å². The number of hydrogen-bond donors (Lipinski definition) is 2. The highest BCUT2D eigenvalue weighted by Gasteiger charge is 2.12. The van der Waals surface area contributed by atoms with Gasteiger partial charge in [0.1, 0.15) is 22.3 Å². The summed E-state index contributed by atoms with van der Waals surface area (Å²) >= 11 is 1.37. The van der Waals surface area contributed by atoms with Gasteiger partial charge in [0.25, 0.3) is 5.91 Å². The summed E-state index contributed by atoms with van der Waals surface area (Å²) in [5.74, 6) is 0.243. The third-order valence-electron chi connectivity index (χ3n) is 3.53. The molecule has 2 aromatic heterocycles. The third kappa shape index (κ3) is 3.22. The van der Waals surface area contributed by atoms with Crippen LogP contribution in [0.1, 0.15) is 21.3 Å². The van der Waals surface area contributed by atoms with E-state index in [1.54, 1.807) is 11.4 Å². The molecule has 3 rings (SSSR count). The first kappa shape index (κ1) is 15.6. The zero-order valence-electron chi connectivity index (χ0n) is 12.5. The lowest BCUT2D eigenvalue weighted by Gasteiger charge is -2.04. The number of rotatable bonds is 5. The number of hydrogen-bond acceptors (Lipinski definition) is 5. The van der Waals surface area contributed by atoms with Crippen LogP contribution in [0.25, 0.3) is 11.0 Å². The molecule has 1 aromatic carbocycles. The van der Waals surface area contributed by atoms with Gasteiger partial charge in [0.05, 0.1) is 11.0 Å². The number of aromatic nitrogens is 3. The molecule has 0 radical (unpaired) electrons. The molecule has 3 N–H and O–H groups in total. The van der Waals surface area contributed by atoms with Gasteiger partial charge in [0.15, 0.2) is 0 Å². The van der Waals surface area contributed by atoms with Crippen molar-refractivity contribution in [2.75, 3.05) is 6.54 Å². The molecular weight excluding hydrogens is 317 g/mol. The van der Waals surface area contributed by atoms with Crippen LogP contribution in [-0.2, 0) is 20.0 Å². The topological polar surface area (TPSA) is 85.8 Å². The summed E-state index contributed by atoms with van der Waals surface area (Å²) in [5, 5.41) is 5.22.